The Hall–Kier alpha value is -1.27. The van der Waals surface area contributed by atoms with E-state index in [0.29, 0.717) is 13.2 Å². The van der Waals surface area contributed by atoms with Crippen LogP contribution in [-0.4, -0.2) is 51.3 Å². The largest absolute Gasteiger partial charge is 0.502 e. The summed E-state index contributed by atoms with van der Waals surface area (Å²) in [4.78, 5) is 12.6. The number of amides is 1. The van der Waals surface area contributed by atoms with Crippen molar-refractivity contribution in [3.8, 4) is 0 Å². The zero-order chi connectivity index (χ0) is 40.3. The van der Waals surface area contributed by atoms with E-state index in [2.05, 4.69) is 19.2 Å². The third-order valence-corrected chi connectivity index (χ3v) is 11.2. The first kappa shape index (κ1) is 53.7. The minimum atomic E-state index is -0.585. The van der Waals surface area contributed by atoms with Gasteiger partial charge in [-0.15, -0.1) is 0 Å². The lowest BCUT2D eigenvalue weighted by Crippen LogP contribution is -2.38. The van der Waals surface area contributed by atoms with Crippen molar-refractivity contribution < 1.29 is 23.7 Å². The van der Waals surface area contributed by atoms with Gasteiger partial charge in [-0.25, -0.2) is 4.79 Å². The Bertz CT molecular complexity index is 777. The van der Waals surface area contributed by atoms with Crippen LogP contribution in [0.25, 0.3) is 0 Å². The average Bonchev–Trinajstić information content (AvgIpc) is 3.18. The summed E-state index contributed by atoms with van der Waals surface area (Å²) in [5, 5.41) is 2.98. The predicted octanol–water partition coefficient (Wildman–Crippen LogP) is 15.7. The van der Waals surface area contributed by atoms with Crippen LogP contribution in [0, 0.1) is 0 Å². The van der Waals surface area contributed by atoms with Crippen LogP contribution in [0.15, 0.2) is 11.8 Å². The van der Waals surface area contributed by atoms with Crippen molar-refractivity contribution in [2.24, 2.45) is 0 Å². The molecule has 0 saturated carbocycles. The highest BCUT2D eigenvalue weighted by Crippen LogP contribution is 2.17. The summed E-state index contributed by atoms with van der Waals surface area (Å²) >= 11 is 0. The van der Waals surface area contributed by atoms with Crippen molar-refractivity contribution in [1.82, 2.24) is 5.32 Å². The van der Waals surface area contributed by atoms with Crippen molar-refractivity contribution in [2.45, 2.75) is 265 Å². The second-order valence-electron chi connectivity index (χ2n) is 17.3. The first-order valence-corrected chi connectivity index (χ1v) is 24.2. The highest BCUT2D eigenvalue weighted by molar-refractivity contribution is 5.67. The van der Waals surface area contributed by atoms with E-state index in [1.54, 1.807) is 7.11 Å². The quantitative estimate of drug-likeness (QED) is 0.0493. The second kappa shape index (κ2) is 42.3. The molecule has 0 aromatic carbocycles. The molecule has 0 aliphatic heterocycles. The molecule has 0 bridgehead atoms. The number of unbranched alkanes of at least 4 members (excludes halogenated alkanes) is 31. The van der Waals surface area contributed by atoms with Gasteiger partial charge in [0, 0.05) is 13.2 Å². The fourth-order valence-electron chi connectivity index (χ4n) is 7.24. The van der Waals surface area contributed by atoms with Gasteiger partial charge in [0.25, 0.3) is 0 Å². The standard InChI is InChI=1S/C49H97NO5/c1-7-9-11-13-15-17-19-21-23-25-26-28-30-32-34-36-38-40-47(44-50-48(51)54-45-49(4,5)55-43-41-46(3)52-6)53-42-39-37-35-33-31-29-27-24-22-20-18-16-14-12-10-8-2/h41,47H,7-40,42-45H2,1-6H3,(H,50,51)/b46-41+. The Balaban J connectivity index is 4.21. The van der Waals surface area contributed by atoms with Crippen molar-refractivity contribution in [1.29, 1.82) is 0 Å². The number of nitrogens with one attached hydrogen (secondary N) is 1. The van der Waals surface area contributed by atoms with E-state index in [0.717, 1.165) is 31.6 Å². The summed E-state index contributed by atoms with van der Waals surface area (Å²) in [6, 6.07) is 0. The van der Waals surface area contributed by atoms with Gasteiger partial charge in [0.05, 0.1) is 31.2 Å². The Morgan fingerprint density at radius 1 is 0.564 bits per heavy atom. The topological polar surface area (TPSA) is 66.0 Å². The number of alkyl carbamates (subject to hydrolysis) is 1. The summed E-state index contributed by atoms with van der Waals surface area (Å²) in [5.74, 6) is 0.805. The zero-order valence-corrected chi connectivity index (χ0v) is 38.1. The van der Waals surface area contributed by atoms with Gasteiger partial charge < -0.3 is 24.3 Å². The molecule has 1 amide bonds. The normalized spacial score (nSPS) is 12.7. The number of methoxy groups -OCH3 is 1. The molecular weight excluding hydrogens is 683 g/mol. The number of carbonyl (C=O) groups excluding carboxylic acids is 1. The molecule has 0 aromatic heterocycles. The summed E-state index contributed by atoms with van der Waals surface area (Å²) in [5.41, 5.74) is -0.585. The molecular formula is C49H97NO5. The number of hydrogen-bond donors (Lipinski definition) is 1. The molecule has 0 fully saturated rings. The smallest absolute Gasteiger partial charge is 0.407 e. The van der Waals surface area contributed by atoms with Gasteiger partial charge in [-0.3, -0.25) is 0 Å². The van der Waals surface area contributed by atoms with Crippen molar-refractivity contribution in [2.75, 3.05) is 33.5 Å². The van der Waals surface area contributed by atoms with Crippen LogP contribution < -0.4 is 5.32 Å². The number of ether oxygens (including phenoxy) is 4. The van der Waals surface area contributed by atoms with Crippen LogP contribution in [0.1, 0.15) is 253 Å². The Labute approximate surface area is 344 Å². The summed E-state index contributed by atoms with van der Waals surface area (Å²) in [7, 11) is 1.64. The summed E-state index contributed by atoms with van der Waals surface area (Å²) in [6.07, 6.45) is 47.8. The Morgan fingerprint density at radius 2 is 0.927 bits per heavy atom. The Morgan fingerprint density at radius 3 is 1.31 bits per heavy atom. The third-order valence-electron chi connectivity index (χ3n) is 11.2. The van der Waals surface area contributed by atoms with E-state index in [4.69, 9.17) is 18.9 Å². The first-order valence-electron chi connectivity index (χ1n) is 24.2. The predicted molar refractivity (Wildman–Crippen MR) is 238 cm³/mol. The maximum Gasteiger partial charge on any atom is 0.407 e. The number of hydrogen-bond acceptors (Lipinski definition) is 5. The molecule has 6 nitrogen and oxygen atoms in total. The molecule has 1 atom stereocenters. The lowest BCUT2D eigenvalue weighted by atomic mass is 10.0. The first-order chi connectivity index (χ1) is 26.8. The zero-order valence-electron chi connectivity index (χ0n) is 38.1. The molecule has 0 aromatic rings. The molecule has 328 valence electrons. The van der Waals surface area contributed by atoms with Crippen LogP contribution in [-0.2, 0) is 18.9 Å². The maximum atomic E-state index is 12.6. The molecule has 0 spiro atoms. The van der Waals surface area contributed by atoms with E-state index < -0.39 is 11.7 Å². The monoisotopic (exact) mass is 780 g/mol. The van der Waals surface area contributed by atoms with Crippen molar-refractivity contribution >= 4 is 6.09 Å². The van der Waals surface area contributed by atoms with Crippen LogP contribution >= 0.6 is 0 Å². The van der Waals surface area contributed by atoms with Gasteiger partial charge in [0.1, 0.15) is 6.61 Å². The SMILES string of the molecule is CCCCCCCCCCCCCCCCCCCC(CNC(=O)OCC(C)(C)OC/C=C(\C)OC)OCCCCCCCCCCCCCCCCCC. The van der Waals surface area contributed by atoms with Crippen LogP contribution in [0.5, 0.6) is 0 Å². The van der Waals surface area contributed by atoms with Crippen LogP contribution in [0.2, 0.25) is 0 Å². The molecule has 0 heterocycles. The molecule has 0 radical (unpaired) electrons. The van der Waals surface area contributed by atoms with Gasteiger partial charge in [0.2, 0.25) is 0 Å². The lowest BCUT2D eigenvalue weighted by Gasteiger charge is -2.25. The molecule has 0 rings (SSSR count). The van der Waals surface area contributed by atoms with Gasteiger partial charge in [-0.2, -0.15) is 0 Å². The second-order valence-corrected chi connectivity index (χ2v) is 17.3. The number of carbonyl (C=O) groups is 1. The fourth-order valence-corrected chi connectivity index (χ4v) is 7.24. The molecule has 0 aliphatic rings. The minimum absolute atomic E-state index is 0.0339. The van der Waals surface area contributed by atoms with E-state index in [1.807, 2.05) is 26.8 Å². The van der Waals surface area contributed by atoms with Crippen LogP contribution in [0.3, 0.4) is 0 Å². The lowest BCUT2D eigenvalue weighted by molar-refractivity contribution is -0.0464. The summed E-state index contributed by atoms with van der Waals surface area (Å²) < 4.78 is 22.9. The Kier molecular flexibility index (Phi) is 41.4. The average molecular weight is 780 g/mol. The summed E-state index contributed by atoms with van der Waals surface area (Å²) in [6.45, 7) is 12.2. The van der Waals surface area contributed by atoms with Gasteiger partial charge >= 0.3 is 6.09 Å². The minimum Gasteiger partial charge on any atom is -0.502 e. The van der Waals surface area contributed by atoms with E-state index in [-0.39, 0.29) is 12.7 Å². The maximum absolute atomic E-state index is 12.6. The molecule has 1 unspecified atom stereocenters. The highest BCUT2D eigenvalue weighted by Gasteiger charge is 2.21. The fraction of sp³-hybridized carbons (Fsp3) is 0.939. The van der Waals surface area contributed by atoms with Crippen LogP contribution in [0.4, 0.5) is 4.79 Å². The number of allylic oxidation sites excluding steroid dienone is 1. The molecule has 0 saturated heterocycles. The molecule has 6 heteroatoms. The van der Waals surface area contributed by atoms with Gasteiger partial charge in [0.15, 0.2) is 0 Å². The van der Waals surface area contributed by atoms with Gasteiger partial charge in [-0.05, 0) is 39.7 Å². The van der Waals surface area contributed by atoms with E-state index >= 15 is 0 Å². The third kappa shape index (κ3) is 42.2. The molecule has 0 aliphatic carbocycles. The number of rotatable bonds is 44. The van der Waals surface area contributed by atoms with Crippen molar-refractivity contribution in [3.63, 3.8) is 0 Å². The van der Waals surface area contributed by atoms with Crippen molar-refractivity contribution in [3.05, 3.63) is 11.8 Å². The van der Waals surface area contributed by atoms with E-state index in [1.165, 1.54) is 199 Å². The molecule has 55 heavy (non-hydrogen) atoms. The van der Waals surface area contributed by atoms with E-state index in [9.17, 15) is 4.79 Å². The molecule has 1 N–H and O–H groups in total. The van der Waals surface area contributed by atoms with Gasteiger partial charge in [-0.1, -0.05) is 219 Å². The highest BCUT2D eigenvalue weighted by atomic mass is 16.6.